The Labute approximate surface area is 83.5 Å². The van der Waals surface area contributed by atoms with E-state index in [4.69, 9.17) is 0 Å². The molecule has 0 amide bonds. The van der Waals surface area contributed by atoms with E-state index in [2.05, 4.69) is 32.6 Å². The fourth-order valence-electron chi connectivity index (χ4n) is 2.38. The summed E-state index contributed by atoms with van der Waals surface area (Å²) in [4.78, 5) is 2.71. The third-order valence-electron chi connectivity index (χ3n) is 3.70. The first kappa shape index (κ1) is 11.0. The van der Waals surface area contributed by atoms with Gasteiger partial charge in [0.2, 0.25) is 0 Å². The van der Waals surface area contributed by atoms with E-state index in [-0.39, 0.29) is 0 Å². The Balaban J connectivity index is 2.63. The van der Waals surface area contributed by atoms with Crippen LogP contribution in [0.5, 0.6) is 0 Å². The maximum atomic E-state index is 2.71. The highest BCUT2D eigenvalue weighted by molar-refractivity contribution is 4.85. The Morgan fingerprint density at radius 2 is 1.92 bits per heavy atom. The zero-order chi connectivity index (χ0) is 9.90. The Morgan fingerprint density at radius 3 is 2.54 bits per heavy atom. The molecule has 1 nitrogen and oxygen atoms in total. The van der Waals surface area contributed by atoms with Crippen molar-refractivity contribution < 1.29 is 0 Å². The highest BCUT2D eigenvalue weighted by Gasteiger charge is 2.29. The van der Waals surface area contributed by atoms with Crippen LogP contribution < -0.4 is 0 Å². The first-order valence-electron chi connectivity index (χ1n) is 5.84. The molecule has 0 aromatic rings. The predicted octanol–water partition coefficient (Wildman–Crippen LogP) is 3.44. The SMILES string of the molecule is CCC(C)(C)N1CCCCCC1C. The van der Waals surface area contributed by atoms with E-state index in [0.717, 1.165) is 6.04 Å². The first-order valence-corrected chi connectivity index (χ1v) is 5.84. The van der Waals surface area contributed by atoms with Gasteiger partial charge in [0.1, 0.15) is 0 Å². The lowest BCUT2D eigenvalue weighted by atomic mass is 9.96. The second kappa shape index (κ2) is 4.45. The van der Waals surface area contributed by atoms with Gasteiger partial charge < -0.3 is 0 Å². The van der Waals surface area contributed by atoms with Crippen LogP contribution in [0.25, 0.3) is 0 Å². The molecule has 0 radical (unpaired) electrons. The van der Waals surface area contributed by atoms with E-state index >= 15 is 0 Å². The first-order chi connectivity index (χ1) is 6.08. The minimum atomic E-state index is 0.407. The van der Waals surface area contributed by atoms with Gasteiger partial charge in [-0.05, 0) is 46.6 Å². The molecule has 1 heteroatoms. The van der Waals surface area contributed by atoms with Crippen LogP contribution in [0.3, 0.4) is 0 Å². The Morgan fingerprint density at radius 1 is 1.23 bits per heavy atom. The molecule has 0 aromatic carbocycles. The monoisotopic (exact) mass is 183 g/mol. The summed E-state index contributed by atoms with van der Waals surface area (Å²) in [6.07, 6.45) is 6.91. The van der Waals surface area contributed by atoms with Gasteiger partial charge in [-0.2, -0.15) is 0 Å². The fourth-order valence-corrected chi connectivity index (χ4v) is 2.38. The molecule has 1 saturated heterocycles. The maximum Gasteiger partial charge on any atom is 0.0153 e. The van der Waals surface area contributed by atoms with Crippen molar-refractivity contribution in [2.75, 3.05) is 6.54 Å². The summed E-state index contributed by atoms with van der Waals surface area (Å²) in [5.74, 6) is 0. The molecule has 1 aliphatic rings. The van der Waals surface area contributed by atoms with Crippen LogP contribution in [0, 0.1) is 0 Å². The van der Waals surface area contributed by atoms with Crippen molar-refractivity contribution in [3.8, 4) is 0 Å². The summed E-state index contributed by atoms with van der Waals surface area (Å²) >= 11 is 0. The van der Waals surface area contributed by atoms with Gasteiger partial charge in [-0.15, -0.1) is 0 Å². The number of likely N-dealkylation sites (tertiary alicyclic amines) is 1. The lowest BCUT2D eigenvalue weighted by Crippen LogP contribution is -2.48. The van der Waals surface area contributed by atoms with Gasteiger partial charge in [-0.25, -0.2) is 0 Å². The van der Waals surface area contributed by atoms with Crippen molar-refractivity contribution in [2.24, 2.45) is 0 Å². The molecular formula is C12H25N. The van der Waals surface area contributed by atoms with E-state index in [1.165, 1.54) is 38.6 Å². The molecule has 1 atom stereocenters. The van der Waals surface area contributed by atoms with Gasteiger partial charge in [0.15, 0.2) is 0 Å². The van der Waals surface area contributed by atoms with Gasteiger partial charge in [0.25, 0.3) is 0 Å². The zero-order valence-electron chi connectivity index (χ0n) is 9.77. The maximum absolute atomic E-state index is 2.71. The van der Waals surface area contributed by atoms with Crippen molar-refractivity contribution in [3.63, 3.8) is 0 Å². The predicted molar refractivity (Wildman–Crippen MR) is 59.0 cm³/mol. The van der Waals surface area contributed by atoms with Crippen LogP contribution in [-0.2, 0) is 0 Å². The number of rotatable bonds is 2. The van der Waals surface area contributed by atoms with Crippen LogP contribution >= 0.6 is 0 Å². The lowest BCUT2D eigenvalue weighted by Gasteiger charge is -2.41. The molecule has 0 aromatic heterocycles. The van der Waals surface area contributed by atoms with E-state index in [0.29, 0.717) is 5.54 Å². The number of nitrogens with zero attached hydrogens (tertiary/aromatic N) is 1. The standard InChI is InChI=1S/C12H25N/c1-5-12(3,4)13-10-8-6-7-9-11(13)2/h11H,5-10H2,1-4H3. The van der Waals surface area contributed by atoms with E-state index < -0.39 is 0 Å². The summed E-state index contributed by atoms with van der Waals surface area (Å²) < 4.78 is 0. The molecule has 13 heavy (non-hydrogen) atoms. The van der Waals surface area contributed by atoms with E-state index in [9.17, 15) is 0 Å². The quantitative estimate of drug-likeness (QED) is 0.634. The summed E-state index contributed by atoms with van der Waals surface area (Å²) in [6, 6.07) is 0.789. The molecule has 0 saturated carbocycles. The van der Waals surface area contributed by atoms with Gasteiger partial charge in [-0.3, -0.25) is 4.90 Å². The molecule has 1 unspecified atom stereocenters. The summed E-state index contributed by atoms with van der Waals surface area (Å²) in [5.41, 5.74) is 0.407. The summed E-state index contributed by atoms with van der Waals surface area (Å²) in [6.45, 7) is 10.8. The third-order valence-corrected chi connectivity index (χ3v) is 3.70. The van der Waals surface area contributed by atoms with Gasteiger partial charge in [0.05, 0.1) is 0 Å². The van der Waals surface area contributed by atoms with Gasteiger partial charge >= 0.3 is 0 Å². The van der Waals surface area contributed by atoms with Gasteiger partial charge in [0, 0.05) is 11.6 Å². The summed E-state index contributed by atoms with van der Waals surface area (Å²) in [7, 11) is 0. The minimum absolute atomic E-state index is 0.407. The molecule has 1 heterocycles. The van der Waals surface area contributed by atoms with Crippen molar-refractivity contribution in [2.45, 2.75) is 71.4 Å². The van der Waals surface area contributed by atoms with Crippen molar-refractivity contribution in [1.82, 2.24) is 4.90 Å². The Hall–Kier alpha value is -0.0400. The number of hydrogen-bond donors (Lipinski definition) is 0. The normalized spacial score (nSPS) is 27.2. The smallest absolute Gasteiger partial charge is 0.0153 e. The molecule has 0 spiro atoms. The second-order valence-corrected chi connectivity index (χ2v) is 5.06. The molecule has 0 N–H and O–H groups in total. The molecular weight excluding hydrogens is 158 g/mol. The van der Waals surface area contributed by atoms with Gasteiger partial charge in [-0.1, -0.05) is 19.8 Å². The van der Waals surface area contributed by atoms with Crippen LogP contribution in [0.1, 0.15) is 59.8 Å². The Bertz CT molecular complexity index is 151. The average molecular weight is 183 g/mol. The molecule has 1 fully saturated rings. The third kappa shape index (κ3) is 2.70. The summed E-state index contributed by atoms with van der Waals surface area (Å²) in [5, 5.41) is 0. The Kier molecular flexibility index (Phi) is 3.78. The van der Waals surface area contributed by atoms with Crippen molar-refractivity contribution in [1.29, 1.82) is 0 Å². The van der Waals surface area contributed by atoms with Crippen molar-refractivity contribution in [3.05, 3.63) is 0 Å². The molecule has 1 aliphatic heterocycles. The van der Waals surface area contributed by atoms with Crippen LogP contribution in [-0.4, -0.2) is 23.0 Å². The zero-order valence-corrected chi connectivity index (χ0v) is 9.77. The second-order valence-electron chi connectivity index (χ2n) is 5.06. The average Bonchev–Trinajstić information content (AvgIpc) is 2.30. The fraction of sp³-hybridized carbons (Fsp3) is 1.00. The number of hydrogen-bond acceptors (Lipinski definition) is 1. The molecule has 0 bridgehead atoms. The topological polar surface area (TPSA) is 3.24 Å². The van der Waals surface area contributed by atoms with E-state index in [1.54, 1.807) is 0 Å². The molecule has 1 rings (SSSR count). The van der Waals surface area contributed by atoms with Crippen LogP contribution in [0.2, 0.25) is 0 Å². The van der Waals surface area contributed by atoms with Crippen LogP contribution in [0.4, 0.5) is 0 Å². The highest BCUT2D eigenvalue weighted by atomic mass is 15.2. The highest BCUT2D eigenvalue weighted by Crippen LogP contribution is 2.26. The van der Waals surface area contributed by atoms with Crippen LogP contribution in [0.15, 0.2) is 0 Å². The van der Waals surface area contributed by atoms with Crippen molar-refractivity contribution >= 4 is 0 Å². The largest absolute Gasteiger partial charge is 0.296 e. The minimum Gasteiger partial charge on any atom is -0.296 e. The lowest BCUT2D eigenvalue weighted by molar-refractivity contribution is 0.0762. The molecule has 0 aliphatic carbocycles. The van der Waals surface area contributed by atoms with E-state index in [1.807, 2.05) is 0 Å². The molecule has 78 valence electrons.